The molecule has 1 saturated carbocycles. The second-order valence-corrected chi connectivity index (χ2v) is 5.75. The lowest BCUT2D eigenvalue weighted by molar-refractivity contribution is -0.130. The maximum Gasteiger partial charge on any atom is 0.236 e. The Kier molecular flexibility index (Phi) is 6.69. The van der Waals surface area contributed by atoms with E-state index in [9.17, 15) is 4.79 Å². The van der Waals surface area contributed by atoms with Gasteiger partial charge in [-0.15, -0.1) is 0 Å². The summed E-state index contributed by atoms with van der Waals surface area (Å²) in [5.74, 6) is 1.70. The van der Waals surface area contributed by atoms with Gasteiger partial charge in [-0.1, -0.05) is 26.7 Å². The zero-order valence-electron chi connectivity index (χ0n) is 12.5. The van der Waals surface area contributed by atoms with Crippen molar-refractivity contribution in [3.8, 4) is 0 Å². The van der Waals surface area contributed by atoms with Crippen LogP contribution in [0.1, 0.15) is 53.4 Å². The topological polar surface area (TPSA) is 32.3 Å². The van der Waals surface area contributed by atoms with Gasteiger partial charge in [0, 0.05) is 19.1 Å². The Morgan fingerprint density at radius 3 is 2.39 bits per heavy atom. The Bertz CT molecular complexity index is 249. The van der Waals surface area contributed by atoms with Crippen molar-refractivity contribution < 1.29 is 4.79 Å². The SMILES string of the molecule is CCN(CC)C(=O)CNC1CCCCC1C(C)C. The van der Waals surface area contributed by atoms with Gasteiger partial charge in [-0.3, -0.25) is 4.79 Å². The number of carbonyl (C=O) groups excluding carboxylic acids is 1. The van der Waals surface area contributed by atoms with Crippen LogP contribution in [0, 0.1) is 11.8 Å². The van der Waals surface area contributed by atoms with Crippen molar-refractivity contribution in [1.82, 2.24) is 10.2 Å². The summed E-state index contributed by atoms with van der Waals surface area (Å²) < 4.78 is 0. The van der Waals surface area contributed by atoms with Gasteiger partial charge in [0.25, 0.3) is 0 Å². The molecule has 0 spiro atoms. The minimum absolute atomic E-state index is 0.244. The molecule has 106 valence electrons. The lowest BCUT2D eigenvalue weighted by atomic mass is 9.78. The lowest BCUT2D eigenvalue weighted by Crippen LogP contribution is -2.46. The van der Waals surface area contributed by atoms with E-state index in [0.29, 0.717) is 18.5 Å². The second-order valence-electron chi connectivity index (χ2n) is 5.75. The smallest absolute Gasteiger partial charge is 0.236 e. The van der Waals surface area contributed by atoms with Crippen LogP contribution in [0.2, 0.25) is 0 Å². The largest absolute Gasteiger partial charge is 0.342 e. The van der Waals surface area contributed by atoms with Crippen LogP contribution >= 0.6 is 0 Å². The van der Waals surface area contributed by atoms with Gasteiger partial charge < -0.3 is 10.2 Å². The molecule has 0 heterocycles. The third kappa shape index (κ3) is 4.27. The van der Waals surface area contributed by atoms with Crippen molar-refractivity contribution in [1.29, 1.82) is 0 Å². The molecule has 1 aliphatic carbocycles. The fourth-order valence-corrected chi connectivity index (χ4v) is 3.12. The van der Waals surface area contributed by atoms with Gasteiger partial charge >= 0.3 is 0 Å². The van der Waals surface area contributed by atoms with Crippen LogP contribution in [-0.2, 0) is 4.79 Å². The first kappa shape index (κ1) is 15.5. The van der Waals surface area contributed by atoms with Gasteiger partial charge in [-0.2, -0.15) is 0 Å². The molecule has 0 aromatic carbocycles. The van der Waals surface area contributed by atoms with E-state index in [2.05, 4.69) is 19.2 Å². The van der Waals surface area contributed by atoms with Crippen molar-refractivity contribution in [2.75, 3.05) is 19.6 Å². The maximum absolute atomic E-state index is 12.0. The zero-order chi connectivity index (χ0) is 13.5. The van der Waals surface area contributed by atoms with E-state index in [0.717, 1.165) is 19.0 Å². The van der Waals surface area contributed by atoms with E-state index < -0.39 is 0 Å². The summed E-state index contributed by atoms with van der Waals surface area (Å²) >= 11 is 0. The molecule has 0 aromatic rings. The molecule has 0 aromatic heterocycles. The number of rotatable bonds is 6. The first-order valence-electron chi connectivity index (χ1n) is 7.61. The summed E-state index contributed by atoms with van der Waals surface area (Å²) in [7, 11) is 0. The molecular formula is C15H30N2O. The van der Waals surface area contributed by atoms with Gasteiger partial charge in [-0.25, -0.2) is 0 Å². The molecule has 1 amide bonds. The molecular weight excluding hydrogens is 224 g/mol. The van der Waals surface area contributed by atoms with E-state index in [4.69, 9.17) is 0 Å². The number of hydrogen-bond acceptors (Lipinski definition) is 2. The average molecular weight is 254 g/mol. The summed E-state index contributed by atoms with van der Waals surface area (Å²) in [6.07, 6.45) is 5.20. The quantitative estimate of drug-likeness (QED) is 0.790. The highest BCUT2D eigenvalue weighted by Gasteiger charge is 2.27. The van der Waals surface area contributed by atoms with Gasteiger partial charge in [-0.05, 0) is 38.5 Å². The Balaban J connectivity index is 2.43. The van der Waals surface area contributed by atoms with E-state index in [1.54, 1.807) is 0 Å². The maximum atomic E-state index is 12.0. The molecule has 1 fully saturated rings. The summed E-state index contributed by atoms with van der Waals surface area (Å²) in [6, 6.07) is 0.540. The monoisotopic (exact) mass is 254 g/mol. The summed E-state index contributed by atoms with van der Waals surface area (Å²) in [5, 5.41) is 3.51. The predicted octanol–water partition coefficient (Wildman–Crippen LogP) is 2.66. The lowest BCUT2D eigenvalue weighted by Gasteiger charge is -2.35. The van der Waals surface area contributed by atoms with Crippen LogP contribution in [0.4, 0.5) is 0 Å². The normalized spacial score (nSPS) is 24.3. The molecule has 1 rings (SSSR count). The van der Waals surface area contributed by atoms with Crippen LogP contribution in [0.15, 0.2) is 0 Å². The molecule has 3 nitrogen and oxygen atoms in total. The molecule has 2 atom stereocenters. The standard InChI is InChI=1S/C15H30N2O/c1-5-17(6-2)15(18)11-16-14-10-8-7-9-13(14)12(3)4/h12-14,16H,5-11H2,1-4H3. The van der Waals surface area contributed by atoms with E-state index in [-0.39, 0.29) is 5.91 Å². The highest BCUT2D eigenvalue weighted by atomic mass is 16.2. The third-order valence-electron chi connectivity index (χ3n) is 4.31. The van der Waals surface area contributed by atoms with Crippen LogP contribution in [0.3, 0.4) is 0 Å². The van der Waals surface area contributed by atoms with Crippen molar-refractivity contribution >= 4 is 5.91 Å². The highest BCUT2D eigenvalue weighted by molar-refractivity contribution is 5.78. The third-order valence-corrected chi connectivity index (χ3v) is 4.31. The number of likely N-dealkylation sites (N-methyl/N-ethyl adjacent to an activating group) is 1. The average Bonchev–Trinajstić information content (AvgIpc) is 2.38. The van der Waals surface area contributed by atoms with Crippen LogP contribution in [0.5, 0.6) is 0 Å². The van der Waals surface area contributed by atoms with E-state index in [1.165, 1.54) is 25.7 Å². The number of nitrogens with one attached hydrogen (secondary N) is 1. The van der Waals surface area contributed by atoms with Gasteiger partial charge in [0.2, 0.25) is 5.91 Å². The Morgan fingerprint density at radius 2 is 1.83 bits per heavy atom. The molecule has 1 aliphatic rings. The van der Waals surface area contributed by atoms with E-state index >= 15 is 0 Å². The van der Waals surface area contributed by atoms with Gasteiger partial charge in [0.1, 0.15) is 0 Å². The number of amides is 1. The van der Waals surface area contributed by atoms with Crippen molar-refractivity contribution in [3.05, 3.63) is 0 Å². The van der Waals surface area contributed by atoms with Crippen molar-refractivity contribution in [2.45, 2.75) is 59.4 Å². The number of hydrogen-bond donors (Lipinski definition) is 1. The molecule has 0 aliphatic heterocycles. The minimum atomic E-state index is 0.244. The summed E-state index contributed by atoms with van der Waals surface area (Å²) in [6.45, 7) is 10.8. The zero-order valence-corrected chi connectivity index (χ0v) is 12.5. The van der Waals surface area contributed by atoms with E-state index in [1.807, 2.05) is 18.7 Å². The van der Waals surface area contributed by atoms with Crippen LogP contribution in [-0.4, -0.2) is 36.5 Å². The molecule has 0 saturated heterocycles. The molecule has 0 radical (unpaired) electrons. The molecule has 2 unspecified atom stereocenters. The molecule has 1 N–H and O–H groups in total. The first-order valence-corrected chi connectivity index (χ1v) is 7.61. The minimum Gasteiger partial charge on any atom is -0.342 e. The second kappa shape index (κ2) is 7.78. The fraction of sp³-hybridized carbons (Fsp3) is 0.933. The number of carbonyl (C=O) groups is 1. The summed E-state index contributed by atoms with van der Waals surface area (Å²) in [4.78, 5) is 13.9. The predicted molar refractivity (Wildman–Crippen MR) is 76.5 cm³/mol. The van der Waals surface area contributed by atoms with Crippen LogP contribution < -0.4 is 5.32 Å². The van der Waals surface area contributed by atoms with Gasteiger partial charge in [0.05, 0.1) is 6.54 Å². The fourth-order valence-electron chi connectivity index (χ4n) is 3.12. The van der Waals surface area contributed by atoms with Crippen molar-refractivity contribution in [2.24, 2.45) is 11.8 Å². The van der Waals surface area contributed by atoms with Crippen LogP contribution in [0.25, 0.3) is 0 Å². The van der Waals surface area contributed by atoms with Crippen molar-refractivity contribution in [3.63, 3.8) is 0 Å². The highest BCUT2D eigenvalue weighted by Crippen LogP contribution is 2.29. The molecule has 3 heteroatoms. The number of nitrogens with zero attached hydrogens (tertiary/aromatic N) is 1. The molecule has 0 bridgehead atoms. The molecule has 18 heavy (non-hydrogen) atoms. The first-order chi connectivity index (χ1) is 8.60. The van der Waals surface area contributed by atoms with Gasteiger partial charge in [0.15, 0.2) is 0 Å². The Morgan fingerprint density at radius 1 is 1.22 bits per heavy atom. The summed E-state index contributed by atoms with van der Waals surface area (Å²) in [5.41, 5.74) is 0. The Hall–Kier alpha value is -0.570. The Labute approximate surface area is 112 Å².